The fourth-order valence-corrected chi connectivity index (χ4v) is 8.09. The van der Waals surface area contributed by atoms with Crippen molar-refractivity contribution in [1.29, 1.82) is 0 Å². The van der Waals surface area contributed by atoms with Crippen LogP contribution in [0.4, 0.5) is 9.59 Å². The third-order valence-corrected chi connectivity index (χ3v) is 9.52. The number of ether oxygens (including phenoxy) is 2. The van der Waals surface area contributed by atoms with Gasteiger partial charge in [0, 0.05) is 10.8 Å². The molecule has 1 aromatic carbocycles. The summed E-state index contributed by atoms with van der Waals surface area (Å²) in [5.74, 6) is 0. The molecule has 13 heteroatoms. The summed E-state index contributed by atoms with van der Waals surface area (Å²) in [6.07, 6.45) is -1.51. The Hall–Kier alpha value is -2.30. The summed E-state index contributed by atoms with van der Waals surface area (Å²) in [6, 6.07) is 7.85. The largest absolute Gasteiger partial charge is 0.443 e. The monoisotopic (exact) mass is 693 g/mol. The van der Waals surface area contributed by atoms with Crippen molar-refractivity contribution in [2.24, 2.45) is 0 Å². The Labute approximate surface area is 263 Å². The van der Waals surface area contributed by atoms with Gasteiger partial charge in [-0.3, -0.25) is 0 Å². The molecule has 0 unspecified atom stereocenters. The number of halogens is 1. The van der Waals surface area contributed by atoms with E-state index in [0.29, 0.717) is 26.9 Å². The lowest BCUT2D eigenvalue weighted by Crippen LogP contribution is -2.39. The van der Waals surface area contributed by atoms with Gasteiger partial charge in [0.05, 0.1) is 25.9 Å². The van der Waals surface area contributed by atoms with Crippen LogP contribution in [-0.4, -0.2) is 63.6 Å². The summed E-state index contributed by atoms with van der Waals surface area (Å²) >= 11 is 5.22. The second-order valence-corrected chi connectivity index (χ2v) is 16.1. The van der Waals surface area contributed by atoms with Crippen molar-refractivity contribution in [2.75, 3.05) is 0 Å². The molecule has 4 aromatic rings. The van der Waals surface area contributed by atoms with Crippen molar-refractivity contribution in [1.82, 2.24) is 14.3 Å². The molecule has 42 heavy (non-hydrogen) atoms. The summed E-state index contributed by atoms with van der Waals surface area (Å²) in [7, 11) is -1.45. The molecule has 0 spiro atoms. The van der Waals surface area contributed by atoms with Crippen molar-refractivity contribution < 1.29 is 27.9 Å². The molecule has 9 nitrogen and oxygen atoms in total. The minimum atomic E-state index is -0.743. The molecule has 0 N–H and O–H groups in total. The van der Waals surface area contributed by atoms with Crippen molar-refractivity contribution in [3.63, 3.8) is 0 Å². The molecule has 0 fully saturated rings. The van der Waals surface area contributed by atoms with E-state index >= 15 is 0 Å². The van der Waals surface area contributed by atoms with Crippen molar-refractivity contribution in [3.05, 3.63) is 39.7 Å². The summed E-state index contributed by atoms with van der Waals surface area (Å²) in [4.78, 5) is 27.1. The van der Waals surface area contributed by atoms with E-state index in [-0.39, 0.29) is 6.29 Å². The predicted octanol–water partition coefficient (Wildman–Crippen LogP) is 6.95. The van der Waals surface area contributed by atoms with Crippen LogP contribution in [0, 0.1) is 0 Å². The van der Waals surface area contributed by atoms with Gasteiger partial charge in [-0.2, -0.15) is 9.78 Å². The van der Waals surface area contributed by atoms with Gasteiger partial charge in [0.15, 0.2) is 19.5 Å². The highest BCUT2D eigenvalue weighted by Crippen LogP contribution is 2.43. The minimum absolute atomic E-state index is 0.369. The number of aromatic nitrogens is 3. The molecule has 0 bridgehead atoms. The van der Waals surface area contributed by atoms with E-state index in [1.807, 2.05) is 71.2 Å². The van der Waals surface area contributed by atoms with Crippen LogP contribution < -0.4 is 0 Å². The van der Waals surface area contributed by atoms with E-state index in [4.69, 9.17) is 23.4 Å². The van der Waals surface area contributed by atoms with Crippen molar-refractivity contribution in [2.45, 2.75) is 91.4 Å². The molecular weight excluding hydrogens is 654 g/mol. The van der Waals surface area contributed by atoms with Crippen molar-refractivity contribution >= 4 is 80.1 Å². The molecule has 0 aliphatic rings. The molecule has 4 rings (SSSR count). The van der Waals surface area contributed by atoms with Gasteiger partial charge < -0.3 is 18.3 Å². The minimum Gasteiger partial charge on any atom is -0.443 e. The number of carbonyl (C=O) groups excluding carboxylic acids is 2. The Bertz CT molecular complexity index is 1620. The van der Waals surface area contributed by atoms with Crippen LogP contribution in [0.5, 0.6) is 0 Å². The standard InChI is InChI=1S/C29H40BrN3O6SSi2/c1-27(2,3)36-25(34)32-19-15-16(29(7,8)24(38-41-9)39-42-10)11-12-17(19)20(30)22(32)21-23-18(13-14-40-23)33(31-21)26(35)37-28(4,5)6/h11-15,24H,41-42H2,1-10H3. The average Bonchev–Trinajstić information content (AvgIpc) is 3.54. The number of benzene rings is 1. The van der Waals surface area contributed by atoms with Crippen LogP contribution in [0.1, 0.15) is 61.0 Å². The second kappa shape index (κ2) is 12.0. The van der Waals surface area contributed by atoms with E-state index in [9.17, 15) is 9.59 Å². The molecule has 0 saturated carbocycles. The molecule has 0 aliphatic heterocycles. The molecule has 3 heterocycles. The van der Waals surface area contributed by atoms with Gasteiger partial charge in [0.25, 0.3) is 0 Å². The number of nitrogens with zero attached hydrogens (tertiary/aromatic N) is 3. The summed E-state index contributed by atoms with van der Waals surface area (Å²) in [5, 5.41) is 7.40. The number of thiophene rings is 1. The number of carbonyl (C=O) groups is 2. The van der Waals surface area contributed by atoms with E-state index < -0.39 is 48.3 Å². The lowest BCUT2D eigenvalue weighted by atomic mass is 9.83. The first-order chi connectivity index (χ1) is 19.5. The maximum Gasteiger partial charge on any atom is 0.435 e. The highest BCUT2D eigenvalue weighted by Gasteiger charge is 2.35. The Balaban J connectivity index is 2.00. The number of fused-ring (bicyclic) bond motifs is 2. The number of rotatable bonds is 7. The first kappa shape index (κ1) is 32.6. The zero-order chi connectivity index (χ0) is 31.2. The topological polar surface area (TPSA) is 93.8 Å². The average molecular weight is 695 g/mol. The first-order valence-corrected chi connectivity index (χ1v) is 19.7. The van der Waals surface area contributed by atoms with E-state index in [1.165, 1.54) is 16.0 Å². The number of hydrogen-bond acceptors (Lipinski definition) is 8. The zero-order valence-electron chi connectivity index (χ0n) is 26.0. The first-order valence-electron chi connectivity index (χ1n) is 14.0. The van der Waals surface area contributed by atoms with Gasteiger partial charge in [-0.1, -0.05) is 39.1 Å². The van der Waals surface area contributed by atoms with Crippen LogP contribution in [0.25, 0.3) is 32.5 Å². The summed E-state index contributed by atoms with van der Waals surface area (Å²) in [5.41, 5.74) is 1.26. The van der Waals surface area contributed by atoms with Gasteiger partial charge in [0.2, 0.25) is 0 Å². The fraction of sp³-hybridized carbons (Fsp3) is 0.483. The second-order valence-electron chi connectivity index (χ2n) is 12.6. The molecule has 0 amide bonds. The quantitative estimate of drug-likeness (QED) is 0.153. The Kier molecular flexibility index (Phi) is 9.32. The Morgan fingerprint density at radius 2 is 1.50 bits per heavy atom. The summed E-state index contributed by atoms with van der Waals surface area (Å²) < 4.78 is 28.1. The van der Waals surface area contributed by atoms with Gasteiger partial charge in [-0.15, -0.1) is 11.3 Å². The van der Waals surface area contributed by atoms with Gasteiger partial charge in [0.1, 0.15) is 23.2 Å². The molecule has 0 atom stereocenters. The van der Waals surface area contributed by atoms with Crippen LogP contribution in [0.3, 0.4) is 0 Å². The molecular formula is C29H40BrN3O6SSi2. The van der Waals surface area contributed by atoms with Crippen LogP contribution >= 0.6 is 27.3 Å². The third-order valence-electron chi connectivity index (χ3n) is 6.53. The molecule has 0 saturated heterocycles. The van der Waals surface area contributed by atoms with Crippen LogP contribution in [0.15, 0.2) is 34.1 Å². The van der Waals surface area contributed by atoms with E-state index in [2.05, 4.69) is 42.9 Å². The maximum absolute atomic E-state index is 13.9. The molecule has 228 valence electrons. The van der Waals surface area contributed by atoms with Gasteiger partial charge in [-0.05, 0) is 80.5 Å². The fourth-order valence-electron chi connectivity index (χ4n) is 4.70. The highest BCUT2D eigenvalue weighted by molar-refractivity contribution is 9.10. The van der Waals surface area contributed by atoms with Crippen LogP contribution in [0.2, 0.25) is 13.1 Å². The summed E-state index contributed by atoms with van der Waals surface area (Å²) in [6.45, 7) is 19.3. The Morgan fingerprint density at radius 3 is 2.07 bits per heavy atom. The Morgan fingerprint density at radius 1 is 0.905 bits per heavy atom. The molecule has 0 aliphatic carbocycles. The molecule has 3 aromatic heterocycles. The van der Waals surface area contributed by atoms with Crippen molar-refractivity contribution in [3.8, 4) is 11.4 Å². The highest BCUT2D eigenvalue weighted by atomic mass is 79.9. The SMILES string of the molecule is C[SiH2]OC(O[SiH2]C)C(C)(C)c1ccc2c(Br)c(-c3nn(C(=O)OC(C)(C)C)c4ccsc34)n(C(=O)OC(C)(C)C)c2c1. The smallest absolute Gasteiger partial charge is 0.435 e. The third kappa shape index (κ3) is 6.46. The van der Waals surface area contributed by atoms with Gasteiger partial charge in [-0.25, -0.2) is 14.2 Å². The van der Waals surface area contributed by atoms with E-state index in [1.54, 1.807) is 4.57 Å². The zero-order valence-corrected chi connectivity index (χ0v) is 31.2. The lowest BCUT2D eigenvalue weighted by Gasteiger charge is -2.35. The molecule has 0 radical (unpaired) electrons. The maximum atomic E-state index is 13.9. The van der Waals surface area contributed by atoms with E-state index in [0.717, 1.165) is 15.6 Å². The number of hydrogen-bond donors (Lipinski definition) is 0. The van der Waals surface area contributed by atoms with Crippen LogP contribution in [-0.2, 0) is 23.7 Å². The predicted molar refractivity (Wildman–Crippen MR) is 177 cm³/mol. The normalized spacial score (nSPS) is 14.2. The lowest BCUT2D eigenvalue weighted by molar-refractivity contribution is -0.0432. The van der Waals surface area contributed by atoms with Gasteiger partial charge >= 0.3 is 12.2 Å².